The van der Waals surface area contributed by atoms with Crippen LogP contribution in [0.1, 0.15) is 379 Å². The van der Waals surface area contributed by atoms with Crippen molar-refractivity contribution in [1.82, 2.24) is 0 Å². The molecule has 0 unspecified atom stereocenters. The van der Waals surface area contributed by atoms with E-state index >= 15 is 0 Å². The van der Waals surface area contributed by atoms with E-state index in [2.05, 4.69) is 339 Å². The van der Waals surface area contributed by atoms with Crippen molar-refractivity contribution < 1.29 is 0 Å². The Morgan fingerprint density at radius 2 is 0.311 bits per heavy atom. The molecule has 122 heavy (non-hydrogen) atoms. The second kappa shape index (κ2) is 53.2. The van der Waals surface area contributed by atoms with Gasteiger partial charge >= 0.3 is 0 Å². The van der Waals surface area contributed by atoms with Crippen LogP contribution >= 0.6 is 0 Å². The summed E-state index contributed by atoms with van der Waals surface area (Å²) in [4.78, 5) is 0. The van der Waals surface area contributed by atoms with Crippen LogP contribution in [0.5, 0.6) is 0 Å². The van der Waals surface area contributed by atoms with E-state index in [-0.39, 0.29) is 0 Å². The summed E-state index contributed by atoms with van der Waals surface area (Å²) in [5.74, 6) is 71.9. The molecule has 6 aromatic rings. The second-order valence-electron chi connectivity index (χ2n) is 35.3. The van der Waals surface area contributed by atoms with Crippen molar-refractivity contribution in [2.75, 3.05) is 34.4 Å². The van der Waals surface area contributed by atoms with Gasteiger partial charge in [-0.05, 0) is 276 Å². The zero-order valence-electron chi connectivity index (χ0n) is 78.1. The molecule has 0 spiro atoms. The molecule has 6 aromatic carbocycles. The third kappa shape index (κ3) is 30.7. The van der Waals surface area contributed by atoms with Gasteiger partial charge < -0.3 is 34.4 Å². The molecule has 0 aliphatic rings. The monoisotopic (exact) mass is 1650 g/mol. The van der Waals surface area contributed by atoms with Crippen LogP contribution in [0.2, 0.25) is 33.2 Å². The maximum atomic E-state index is 7.01. The first-order valence-corrected chi connectivity index (χ1v) is 50.9. The lowest BCUT2D eigenvalue weighted by molar-refractivity contribution is 0.667. The summed E-state index contributed by atoms with van der Waals surface area (Å²) < 4.78 is 0. The smallest absolute Gasteiger partial charge is 0.146 e. The van der Waals surface area contributed by atoms with Gasteiger partial charge in [-0.25, -0.2) is 0 Å². The van der Waals surface area contributed by atoms with Gasteiger partial charge in [0, 0.05) is 11.1 Å². The highest BCUT2D eigenvalue weighted by molar-refractivity contribution is 6.91. The van der Waals surface area contributed by atoms with Gasteiger partial charge in [0.15, 0.2) is 0 Å². The zero-order chi connectivity index (χ0) is 89.0. The highest BCUT2D eigenvalue weighted by Gasteiger charge is 2.43. The molecule has 0 atom stereocenters. The maximum Gasteiger partial charge on any atom is 0.146 e. The molecule has 0 heterocycles. The normalized spacial score (nSPS) is 10.7. The van der Waals surface area contributed by atoms with Gasteiger partial charge in [-0.1, -0.05) is 311 Å². The molecule has 0 fully saturated rings. The molecule has 8 heteroatoms. The summed E-state index contributed by atoms with van der Waals surface area (Å²) in [6.45, 7) is 41.5. The van der Waals surface area contributed by atoms with Crippen molar-refractivity contribution in [3.8, 4) is 141 Å². The summed E-state index contributed by atoms with van der Waals surface area (Å²) in [7, 11) is -4.04. The van der Waals surface area contributed by atoms with Crippen LogP contribution in [0.4, 0.5) is 34.1 Å². The van der Waals surface area contributed by atoms with Crippen molar-refractivity contribution in [3.05, 3.63) is 173 Å². The van der Waals surface area contributed by atoms with E-state index in [4.69, 9.17) is 34.4 Å². The first-order chi connectivity index (χ1) is 58.7. The summed E-state index contributed by atoms with van der Waals surface area (Å²) in [6.07, 6.45) is 32.5. The fourth-order valence-corrected chi connectivity index (χ4v) is 27.6. The fraction of sp³-hybridized carbons (Fsp3) is 0.474. The van der Waals surface area contributed by atoms with Crippen LogP contribution in [-0.2, 0) is 38.5 Å². The Balaban J connectivity index is 1.37. The Morgan fingerprint density at radius 1 is 0.189 bits per heavy atom. The van der Waals surface area contributed by atoms with E-state index in [1.54, 1.807) is 0 Å². The van der Waals surface area contributed by atoms with Crippen LogP contribution in [0.15, 0.2) is 72.8 Å². The lowest BCUT2D eigenvalue weighted by atomic mass is 9.98. The zero-order valence-corrected chi connectivity index (χ0v) is 80.1. The number of nitrogen functional groups attached to an aromatic ring is 6. The van der Waals surface area contributed by atoms with Gasteiger partial charge in [-0.3, -0.25) is 0 Å². The van der Waals surface area contributed by atoms with E-state index in [9.17, 15) is 0 Å². The number of anilines is 6. The summed E-state index contributed by atoms with van der Waals surface area (Å²) >= 11 is 0. The lowest BCUT2D eigenvalue weighted by Gasteiger charge is -2.38. The molecule has 0 saturated carbocycles. The lowest BCUT2D eigenvalue weighted by Crippen LogP contribution is -2.43. The van der Waals surface area contributed by atoms with E-state index in [1.807, 2.05) is 0 Å². The first-order valence-electron chi connectivity index (χ1n) is 46.4. The van der Waals surface area contributed by atoms with Crippen LogP contribution in [0.3, 0.4) is 0 Å². The fourth-order valence-electron chi connectivity index (χ4n) is 17.1. The number of nitrogens with two attached hydrogens (primary N) is 6. The van der Waals surface area contributed by atoms with Crippen LogP contribution in [0.25, 0.3) is 0 Å². The predicted molar refractivity (Wildman–Crippen MR) is 537 cm³/mol. The SMILES string of the molecule is CCCCCCc1cc(C#CC#Cc2cc(CCCCCC)cc(C#CC#Cc3cc(CCCCCC)cc(C#CC#Cc4cc(CCCCCC)cc(C#C[Si](C(C)C)(C(C)C)C(C)C)c4N)c3N)c2N)c(N)c(C#CC#Cc2cc(CCCCCC)cc(C#CC#Cc3cc(CCCCCC)cc(C#C[Si](C(C)C)(C(C)C)C(C)C)c3N)c2N)c1. The number of unbranched alkanes of at least 4 members (excludes halogenated alkanes) is 18. The average Bonchev–Trinajstić information content (AvgIpc) is 0.792. The molecule has 0 amide bonds. The van der Waals surface area contributed by atoms with Crippen molar-refractivity contribution in [2.24, 2.45) is 0 Å². The van der Waals surface area contributed by atoms with E-state index in [0.717, 1.165) is 186 Å². The quantitative estimate of drug-likeness (QED) is 0.00996. The molecule has 6 rings (SSSR count). The standard InChI is InChI=1S/C114H144N6Si2/c1-19-25-31-37-53-91-73-97(109(115)99(75-91)61-45-47-63-101-77-93(55-39-33-27-21-3)79-103(111(101)117)65-49-51-67-105-81-95(57-41-35-29-23-5)83-107(113(105)119)69-71-121(85(7)8,86(9)10)87(11)12)59-43-44-60-98-74-92(54-38-32-26-20-2)76-100(110(98)116)62-46-48-64-102-78-94(56-40-34-28-22-4)80-104(112(102)118)66-50-52-68-106-82-96(58-42-36-30-24-6)84-108(114(106)120)70-72-122(88(13)14,89(15)16)90(17)18/h73-90H,19-42,53-58,115-120H2,1-18H3. The Bertz CT molecular complexity index is 4980. The number of aryl methyl sites for hydroxylation is 6. The Labute approximate surface area is 744 Å². The highest BCUT2D eigenvalue weighted by Crippen LogP contribution is 2.43. The van der Waals surface area contributed by atoms with Gasteiger partial charge in [-0.2, -0.15) is 0 Å². The molecule has 0 aromatic heterocycles. The molecule has 638 valence electrons. The minimum atomic E-state index is -2.02. The third-order valence-electron chi connectivity index (χ3n) is 24.2. The minimum Gasteiger partial charge on any atom is -0.397 e. The Morgan fingerprint density at radius 3 is 0.426 bits per heavy atom. The molecule has 0 bridgehead atoms. The highest BCUT2D eigenvalue weighted by atomic mass is 28.3. The van der Waals surface area contributed by atoms with Crippen molar-refractivity contribution in [2.45, 2.75) is 350 Å². The number of benzene rings is 6. The largest absolute Gasteiger partial charge is 0.397 e. The van der Waals surface area contributed by atoms with Crippen molar-refractivity contribution >= 4 is 50.3 Å². The number of rotatable bonds is 36. The maximum absolute atomic E-state index is 7.01. The van der Waals surface area contributed by atoms with E-state index in [1.165, 1.54) is 62.5 Å². The van der Waals surface area contributed by atoms with Gasteiger partial charge in [0.1, 0.15) is 16.1 Å². The van der Waals surface area contributed by atoms with Crippen molar-refractivity contribution in [3.63, 3.8) is 0 Å². The third-order valence-corrected chi connectivity index (χ3v) is 36.8. The van der Waals surface area contributed by atoms with E-state index < -0.39 is 16.1 Å². The molecule has 0 saturated heterocycles. The Kier molecular flexibility index (Phi) is 43.7. The molecule has 0 radical (unpaired) electrons. The molecule has 6 nitrogen and oxygen atoms in total. The van der Waals surface area contributed by atoms with Gasteiger partial charge in [0.25, 0.3) is 0 Å². The summed E-state index contributed by atoms with van der Waals surface area (Å²) in [5.41, 5.74) is 71.3. The minimum absolute atomic E-state index is 0.463. The van der Waals surface area contributed by atoms with E-state index in [0.29, 0.717) is 112 Å². The number of hydrogen-bond acceptors (Lipinski definition) is 6. The second-order valence-corrected chi connectivity index (χ2v) is 46.4. The average molecular weight is 1650 g/mol. The van der Waals surface area contributed by atoms with Crippen LogP contribution in [-0.4, -0.2) is 16.1 Å². The van der Waals surface area contributed by atoms with Crippen molar-refractivity contribution in [1.29, 1.82) is 0 Å². The van der Waals surface area contributed by atoms with Gasteiger partial charge in [-0.15, -0.1) is 11.1 Å². The molecular weight excluding hydrogens is 1510 g/mol. The first kappa shape index (κ1) is 100. The topological polar surface area (TPSA) is 156 Å². The number of hydrogen-bond donors (Lipinski definition) is 6. The van der Waals surface area contributed by atoms with Crippen LogP contribution < -0.4 is 34.4 Å². The van der Waals surface area contributed by atoms with Crippen LogP contribution in [0, 0.1) is 141 Å². The molecule has 0 aliphatic heterocycles. The van der Waals surface area contributed by atoms with Gasteiger partial charge in [0.05, 0.1) is 89.8 Å². The molecule has 12 N–H and O–H groups in total. The summed E-state index contributed by atoms with van der Waals surface area (Å²) in [5, 5.41) is 0. The molecule has 0 aliphatic carbocycles. The molecular formula is C114H144N6Si2. The Hall–Kier alpha value is -10.7. The van der Waals surface area contributed by atoms with Gasteiger partial charge in [0.2, 0.25) is 0 Å². The summed E-state index contributed by atoms with van der Waals surface area (Å²) in [6, 6.07) is 25.3. The predicted octanol–water partition coefficient (Wildman–Crippen LogP) is 26.1.